The molecule has 0 saturated heterocycles. The summed E-state index contributed by atoms with van der Waals surface area (Å²) in [6, 6.07) is 22.0. The van der Waals surface area contributed by atoms with E-state index in [1.807, 2.05) is 24.3 Å². The highest BCUT2D eigenvalue weighted by molar-refractivity contribution is 7.92. The van der Waals surface area contributed by atoms with Crippen LogP contribution >= 0.6 is 0 Å². The van der Waals surface area contributed by atoms with E-state index in [0.29, 0.717) is 23.8 Å². The predicted octanol–water partition coefficient (Wildman–Crippen LogP) is 4.80. The molecule has 1 amide bonds. The van der Waals surface area contributed by atoms with Crippen LogP contribution in [-0.2, 0) is 14.8 Å². The zero-order valence-corrected chi connectivity index (χ0v) is 21.3. The number of carbonyl (C=O) groups excluding carboxylic acids is 1. The molecule has 7 nitrogen and oxygen atoms in total. The molecule has 0 spiro atoms. The van der Waals surface area contributed by atoms with E-state index in [0.717, 1.165) is 15.6 Å². The Balaban J connectivity index is 1.92. The Morgan fingerprint density at radius 1 is 0.886 bits per heavy atom. The number of hydrogen-bond donors (Lipinski definition) is 1. The Kier molecular flexibility index (Phi) is 8.76. The maximum Gasteiger partial charge on any atom is 0.264 e. The van der Waals surface area contributed by atoms with Gasteiger partial charge in [-0.05, 0) is 54.3 Å². The average molecular weight is 497 g/mol. The van der Waals surface area contributed by atoms with Crippen molar-refractivity contribution in [3.05, 3.63) is 84.4 Å². The molecule has 0 fully saturated rings. The summed E-state index contributed by atoms with van der Waals surface area (Å²) in [5.41, 5.74) is 1.26. The molecule has 1 atom stereocenters. The van der Waals surface area contributed by atoms with Crippen LogP contribution in [0.4, 0.5) is 5.69 Å². The second-order valence-corrected chi connectivity index (χ2v) is 10.4. The van der Waals surface area contributed by atoms with Crippen molar-refractivity contribution < 1.29 is 22.7 Å². The van der Waals surface area contributed by atoms with Crippen LogP contribution in [0.5, 0.6) is 11.5 Å². The van der Waals surface area contributed by atoms with Crippen molar-refractivity contribution in [2.24, 2.45) is 5.92 Å². The number of carbonyl (C=O) groups is 1. The number of benzene rings is 3. The average Bonchev–Trinajstić information content (AvgIpc) is 2.87. The molecule has 0 aliphatic carbocycles. The van der Waals surface area contributed by atoms with E-state index in [9.17, 15) is 13.2 Å². The second kappa shape index (κ2) is 11.8. The number of nitrogens with one attached hydrogen (secondary N) is 1. The molecule has 186 valence electrons. The third kappa shape index (κ3) is 6.76. The number of methoxy groups -OCH3 is 2. The lowest BCUT2D eigenvalue weighted by atomic mass is 9.97. The molecule has 0 radical (unpaired) electrons. The van der Waals surface area contributed by atoms with Crippen LogP contribution in [0.25, 0.3) is 0 Å². The van der Waals surface area contributed by atoms with Crippen LogP contribution in [0, 0.1) is 5.92 Å². The molecule has 3 aromatic rings. The van der Waals surface area contributed by atoms with Crippen LogP contribution < -0.4 is 19.1 Å². The minimum absolute atomic E-state index is 0.101. The molecule has 3 aromatic carbocycles. The van der Waals surface area contributed by atoms with Crippen molar-refractivity contribution in [1.29, 1.82) is 0 Å². The van der Waals surface area contributed by atoms with Crippen molar-refractivity contribution in [2.75, 3.05) is 25.1 Å². The number of sulfonamides is 1. The van der Waals surface area contributed by atoms with Gasteiger partial charge in [0.15, 0.2) is 0 Å². The van der Waals surface area contributed by atoms with Crippen LogP contribution in [-0.4, -0.2) is 35.1 Å². The molecule has 0 saturated carbocycles. The number of hydrogen-bond acceptors (Lipinski definition) is 5. The largest absolute Gasteiger partial charge is 0.497 e. The Labute approximate surface area is 207 Å². The maximum absolute atomic E-state index is 13.6. The molecule has 8 heteroatoms. The van der Waals surface area contributed by atoms with E-state index in [1.54, 1.807) is 49.6 Å². The van der Waals surface area contributed by atoms with Gasteiger partial charge < -0.3 is 14.8 Å². The lowest BCUT2D eigenvalue weighted by molar-refractivity contribution is -0.120. The standard InChI is InChI=1S/C27H32N2O5S/c1-20(2)17-26(21-13-15-23(33-3)16-14-21)28-27(30)19-29(22-9-8-10-24(18-22)34-4)35(31,32)25-11-6-5-7-12-25/h5-16,18,20,26H,17,19H2,1-4H3,(H,28,30)/t26-/m1/s1. The molecule has 35 heavy (non-hydrogen) atoms. The molecule has 0 aromatic heterocycles. The van der Waals surface area contributed by atoms with E-state index in [-0.39, 0.29) is 17.5 Å². The van der Waals surface area contributed by atoms with Gasteiger partial charge in [0.05, 0.1) is 30.8 Å². The molecule has 1 N–H and O–H groups in total. The molecular weight excluding hydrogens is 464 g/mol. The topological polar surface area (TPSA) is 84.9 Å². The van der Waals surface area contributed by atoms with Crippen LogP contribution in [0.15, 0.2) is 83.8 Å². The summed E-state index contributed by atoms with van der Waals surface area (Å²) in [4.78, 5) is 13.4. The van der Waals surface area contributed by atoms with Gasteiger partial charge in [0.1, 0.15) is 18.0 Å². The third-order valence-electron chi connectivity index (χ3n) is 5.52. The number of anilines is 1. The van der Waals surface area contributed by atoms with Gasteiger partial charge in [-0.25, -0.2) is 8.42 Å². The van der Waals surface area contributed by atoms with E-state index in [4.69, 9.17) is 9.47 Å². The Morgan fingerprint density at radius 3 is 2.14 bits per heavy atom. The highest BCUT2D eigenvalue weighted by Crippen LogP contribution is 2.28. The molecule has 0 heterocycles. The first-order valence-corrected chi connectivity index (χ1v) is 12.8. The van der Waals surface area contributed by atoms with Crippen molar-refractivity contribution in [2.45, 2.75) is 31.2 Å². The monoisotopic (exact) mass is 496 g/mol. The van der Waals surface area contributed by atoms with Gasteiger partial charge in [-0.1, -0.05) is 50.2 Å². The second-order valence-electron chi connectivity index (χ2n) is 8.55. The van der Waals surface area contributed by atoms with Gasteiger partial charge in [0.25, 0.3) is 10.0 Å². The quantitative estimate of drug-likeness (QED) is 0.412. The summed E-state index contributed by atoms with van der Waals surface area (Å²) >= 11 is 0. The van der Waals surface area contributed by atoms with Gasteiger partial charge in [0, 0.05) is 6.07 Å². The normalized spacial score (nSPS) is 12.1. The summed E-state index contributed by atoms with van der Waals surface area (Å²) in [6.07, 6.45) is 0.697. The summed E-state index contributed by atoms with van der Waals surface area (Å²) in [7, 11) is -0.899. The van der Waals surface area contributed by atoms with Crippen molar-refractivity contribution in [1.82, 2.24) is 5.32 Å². The summed E-state index contributed by atoms with van der Waals surface area (Å²) < 4.78 is 38.8. The highest BCUT2D eigenvalue weighted by Gasteiger charge is 2.28. The molecule has 0 aliphatic heterocycles. The minimum Gasteiger partial charge on any atom is -0.497 e. The maximum atomic E-state index is 13.6. The third-order valence-corrected chi connectivity index (χ3v) is 7.31. The number of nitrogens with zero attached hydrogens (tertiary/aromatic N) is 1. The summed E-state index contributed by atoms with van der Waals surface area (Å²) in [5.74, 6) is 1.12. The molecular formula is C27H32N2O5S. The van der Waals surface area contributed by atoms with Crippen LogP contribution in [0.1, 0.15) is 31.9 Å². The molecule has 0 unspecified atom stereocenters. The number of ether oxygens (including phenoxy) is 2. The smallest absolute Gasteiger partial charge is 0.264 e. The van der Waals surface area contributed by atoms with Crippen molar-refractivity contribution in [3.63, 3.8) is 0 Å². The zero-order chi connectivity index (χ0) is 25.4. The lowest BCUT2D eigenvalue weighted by Crippen LogP contribution is -2.42. The van der Waals surface area contributed by atoms with Gasteiger partial charge in [-0.3, -0.25) is 9.10 Å². The first kappa shape index (κ1) is 26.1. The van der Waals surface area contributed by atoms with Crippen LogP contribution in [0.3, 0.4) is 0 Å². The molecule has 3 rings (SSSR count). The first-order chi connectivity index (χ1) is 16.7. The molecule has 0 aliphatic rings. The first-order valence-electron chi connectivity index (χ1n) is 11.4. The minimum atomic E-state index is -4.01. The Morgan fingerprint density at radius 2 is 1.54 bits per heavy atom. The van der Waals surface area contributed by atoms with E-state index in [1.165, 1.54) is 19.2 Å². The number of amides is 1. The number of rotatable bonds is 11. The Hall–Kier alpha value is -3.52. The fourth-order valence-corrected chi connectivity index (χ4v) is 5.19. The van der Waals surface area contributed by atoms with Crippen molar-refractivity contribution >= 4 is 21.6 Å². The zero-order valence-electron chi connectivity index (χ0n) is 20.5. The predicted molar refractivity (Wildman–Crippen MR) is 137 cm³/mol. The van der Waals surface area contributed by atoms with E-state index >= 15 is 0 Å². The fraction of sp³-hybridized carbons (Fsp3) is 0.296. The van der Waals surface area contributed by atoms with Crippen LogP contribution in [0.2, 0.25) is 0 Å². The highest BCUT2D eigenvalue weighted by atomic mass is 32.2. The SMILES string of the molecule is COc1ccc([C@@H](CC(C)C)NC(=O)CN(c2cccc(OC)c2)S(=O)(=O)c2ccccc2)cc1. The van der Waals surface area contributed by atoms with Crippen molar-refractivity contribution in [3.8, 4) is 11.5 Å². The molecule has 0 bridgehead atoms. The fourth-order valence-electron chi connectivity index (χ4n) is 3.76. The summed E-state index contributed by atoms with van der Waals surface area (Å²) in [6.45, 7) is 3.77. The van der Waals surface area contributed by atoms with Gasteiger partial charge in [-0.2, -0.15) is 0 Å². The Bertz CT molecular complexity index is 1210. The summed E-state index contributed by atoms with van der Waals surface area (Å²) in [5, 5.41) is 3.04. The van der Waals surface area contributed by atoms with Gasteiger partial charge in [0.2, 0.25) is 5.91 Å². The van der Waals surface area contributed by atoms with E-state index in [2.05, 4.69) is 19.2 Å². The lowest BCUT2D eigenvalue weighted by Gasteiger charge is -2.27. The van der Waals surface area contributed by atoms with E-state index < -0.39 is 15.9 Å². The van der Waals surface area contributed by atoms with Gasteiger partial charge in [-0.15, -0.1) is 0 Å². The van der Waals surface area contributed by atoms with Gasteiger partial charge >= 0.3 is 0 Å².